The predicted molar refractivity (Wildman–Crippen MR) is 125 cm³/mol. The lowest BCUT2D eigenvalue weighted by molar-refractivity contribution is -0.118. The number of anilines is 1. The van der Waals surface area contributed by atoms with Gasteiger partial charge in [0.25, 0.3) is 11.8 Å². The van der Waals surface area contributed by atoms with Crippen LogP contribution in [-0.2, 0) is 4.79 Å². The van der Waals surface area contributed by atoms with Gasteiger partial charge in [0, 0.05) is 11.3 Å². The van der Waals surface area contributed by atoms with Gasteiger partial charge in [0.15, 0.2) is 18.1 Å². The van der Waals surface area contributed by atoms with Gasteiger partial charge in [-0.2, -0.15) is 5.10 Å². The molecule has 0 saturated heterocycles. The normalized spacial score (nSPS) is 10.6. The van der Waals surface area contributed by atoms with Crippen LogP contribution in [0.3, 0.4) is 0 Å². The maximum Gasteiger partial charge on any atom is 0.271 e. The Kier molecular flexibility index (Phi) is 7.59. The minimum Gasteiger partial charge on any atom is -0.493 e. The van der Waals surface area contributed by atoms with E-state index >= 15 is 0 Å². The Hall–Kier alpha value is -4.13. The van der Waals surface area contributed by atoms with Gasteiger partial charge in [-0.25, -0.2) is 5.43 Å². The van der Waals surface area contributed by atoms with Crippen molar-refractivity contribution in [2.75, 3.05) is 19.0 Å². The summed E-state index contributed by atoms with van der Waals surface area (Å²) >= 11 is 0. The molecule has 0 aromatic heterocycles. The number of methoxy groups -OCH3 is 1. The van der Waals surface area contributed by atoms with E-state index in [0.717, 1.165) is 11.1 Å². The van der Waals surface area contributed by atoms with E-state index in [2.05, 4.69) is 15.8 Å². The molecule has 164 valence electrons. The Bertz CT molecular complexity index is 1120. The summed E-state index contributed by atoms with van der Waals surface area (Å²) in [7, 11) is 1.51. The molecule has 0 aliphatic carbocycles. The topological polar surface area (TPSA) is 89.0 Å². The zero-order valence-electron chi connectivity index (χ0n) is 18.2. The van der Waals surface area contributed by atoms with Crippen LogP contribution < -0.4 is 20.2 Å². The molecule has 3 aromatic rings. The Morgan fingerprint density at radius 2 is 1.72 bits per heavy atom. The van der Waals surface area contributed by atoms with Crippen LogP contribution in [0, 0.1) is 13.8 Å². The summed E-state index contributed by atoms with van der Waals surface area (Å²) in [6.45, 7) is 3.75. The fourth-order valence-corrected chi connectivity index (χ4v) is 2.88. The first-order chi connectivity index (χ1) is 15.4. The molecule has 0 unspecified atom stereocenters. The summed E-state index contributed by atoms with van der Waals surface area (Å²) in [5, 5.41) is 6.78. The van der Waals surface area contributed by atoms with Crippen LogP contribution in [0.4, 0.5) is 5.69 Å². The van der Waals surface area contributed by atoms with Crippen LogP contribution in [0.15, 0.2) is 71.8 Å². The van der Waals surface area contributed by atoms with Crippen molar-refractivity contribution in [2.45, 2.75) is 13.8 Å². The predicted octanol–water partition coefficient (Wildman–Crippen LogP) is 4.09. The van der Waals surface area contributed by atoms with E-state index in [9.17, 15) is 9.59 Å². The van der Waals surface area contributed by atoms with Gasteiger partial charge in [0.05, 0.1) is 13.3 Å². The zero-order chi connectivity index (χ0) is 22.9. The molecule has 0 fully saturated rings. The van der Waals surface area contributed by atoms with Gasteiger partial charge in [-0.15, -0.1) is 0 Å². The van der Waals surface area contributed by atoms with Crippen molar-refractivity contribution in [3.05, 3.63) is 89.0 Å². The lowest BCUT2D eigenvalue weighted by atomic mass is 10.1. The number of hydrogen-bond donors (Lipinski definition) is 2. The van der Waals surface area contributed by atoms with Crippen molar-refractivity contribution in [1.29, 1.82) is 0 Å². The molecule has 7 heteroatoms. The van der Waals surface area contributed by atoms with E-state index in [1.165, 1.54) is 13.3 Å². The highest BCUT2D eigenvalue weighted by molar-refractivity contribution is 5.95. The standard InChI is InChI=1S/C25H25N3O4/c1-17-7-10-20(11-8-17)25(30)28-26-15-19-9-12-22(23(14-19)31-3)32-16-24(29)27-21-6-4-5-18(2)13-21/h4-15H,16H2,1-3H3,(H,27,29)(H,28,30)/b26-15-. The monoisotopic (exact) mass is 431 g/mol. The number of nitrogens with one attached hydrogen (secondary N) is 2. The SMILES string of the molecule is COc1cc(/C=N\NC(=O)c2ccc(C)cc2)ccc1OCC(=O)Nc1cccc(C)c1. The van der Waals surface area contributed by atoms with Crippen LogP contribution in [0.25, 0.3) is 0 Å². The summed E-state index contributed by atoms with van der Waals surface area (Å²) in [4.78, 5) is 24.3. The molecule has 0 heterocycles. The molecule has 3 rings (SSSR count). The number of ether oxygens (including phenoxy) is 2. The van der Waals surface area contributed by atoms with Crippen LogP contribution in [0.5, 0.6) is 11.5 Å². The first kappa shape index (κ1) is 22.6. The Morgan fingerprint density at radius 1 is 0.938 bits per heavy atom. The van der Waals surface area contributed by atoms with E-state index < -0.39 is 0 Å². The molecule has 0 atom stereocenters. The van der Waals surface area contributed by atoms with Gasteiger partial charge >= 0.3 is 0 Å². The number of carbonyl (C=O) groups is 2. The first-order valence-corrected chi connectivity index (χ1v) is 10.0. The van der Waals surface area contributed by atoms with Gasteiger partial charge in [-0.1, -0.05) is 29.8 Å². The number of hydrazone groups is 1. The highest BCUT2D eigenvalue weighted by Crippen LogP contribution is 2.27. The first-order valence-electron chi connectivity index (χ1n) is 10.0. The average Bonchev–Trinajstić information content (AvgIpc) is 2.78. The summed E-state index contributed by atoms with van der Waals surface area (Å²) in [6, 6.07) is 19.9. The van der Waals surface area contributed by atoms with Crippen LogP contribution >= 0.6 is 0 Å². The summed E-state index contributed by atoms with van der Waals surface area (Å²) in [5.74, 6) is 0.296. The van der Waals surface area contributed by atoms with E-state index in [0.29, 0.717) is 28.3 Å². The van der Waals surface area contributed by atoms with Crippen molar-refractivity contribution in [3.8, 4) is 11.5 Å². The summed E-state index contributed by atoms with van der Waals surface area (Å²) in [6.07, 6.45) is 1.50. The molecule has 0 radical (unpaired) electrons. The number of aryl methyl sites for hydroxylation is 2. The maximum absolute atomic E-state index is 12.2. The Morgan fingerprint density at radius 3 is 2.44 bits per heavy atom. The van der Waals surface area contributed by atoms with Crippen molar-refractivity contribution in [1.82, 2.24) is 5.43 Å². The number of benzene rings is 3. The van der Waals surface area contributed by atoms with E-state index in [1.807, 2.05) is 50.2 Å². The van der Waals surface area contributed by atoms with Gasteiger partial charge in [0.2, 0.25) is 0 Å². The quantitative estimate of drug-likeness (QED) is 0.415. The molecular formula is C25H25N3O4. The number of nitrogens with zero attached hydrogens (tertiary/aromatic N) is 1. The Balaban J connectivity index is 1.56. The third-order valence-electron chi connectivity index (χ3n) is 4.54. The second kappa shape index (κ2) is 10.8. The molecule has 0 spiro atoms. The average molecular weight is 431 g/mol. The van der Waals surface area contributed by atoms with E-state index in [4.69, 9.17) is 9.47 Å². The third kappa shape index (κ3) is 6.43. The molecule has 0 saturated carbocycles. The highest BCUT2D eigenvalue weighted by atomic mass is 16.5. The number of hydrogen-bond acceptors (Lipinski definition) is 5. The van der Waals surface area contributed by atoms with Gasteiger partial charge in [-0.05, 0) is 67.4 Å². The zero-order valence-corrected chi connectivity index (χ0v) is 18.2. The summed E-state index contributed by atoms with van der Waals surface area (Å²) in [5.41, 5.74) is 6.56. The fourth-order valence-electron chi connectivity index (χ4n) is 2.88. The van der Waals surface area contributed by atoms with E-state index in [1.54, 1.807) is 30.3 Å². The van der Waals surface area contributed by atoms with Gasteiger partial charge in [-0.3, -0.25) is 9.59 Å². The molecule has 0 bridgehead atoms. The fraction of sp³-hybridized carbons (Fsp3) is 0.160. The Labute approximate surface area is 187 Å². The lowest BCUT2D eigenvalue weighted by Gasteiger charge is -2.11. The van der Waals surface area contributed by atoms with Crippen molar-refractivity contribution < 1.29 is 19.1 Å². The van der Waals surface area contributed by atoms with E-state index in [-0.39, 0.29) is 18.4 Å². The molecule has 32 heavy (non-hydrogen) atoms. The summed E-state index contributed by atoms with van der Waals surface area (Å²) < 4.78 is 11.0. The van der Waals surface area contributed by atoms with Crippen molar-refractivity contribution in [2.24, 2.45) is 5.10 Å². The number of rotatable bonds is 8. The van der Waals surface area contributed by atoms with Crippen LogP contribution in [-0.4, -0.2) is 31.7 Å². The smallest absolute Gasteiger partial charge is 0.271 e. The molecule has 7 nitrogen and oxygen atoms in total. The van der Waals surface area contributed by atoms with Crippen LogP contribution in [0.1, 0.15) is 27.0 Å². The second-order valence-electron chi connectivity index (χ2n) is 7.18. The van der Waals surface area contributed by atoms with Crippen molar-refractivity contribution >= 4 is 23.7 Å². The van der Waals surface area contributed by atoms with Gasteiger partial charge in [0.1, 0.15) is 0 Å². The van der Waals surface area contributed by atoms with Gasteiger partial charge < -0.3 is 14.8 Å². The number of amides is 2. The largest absolute Gasteiger partial charge is 0.493 e. The third-order valence-corrected chi connectivity index (χ3v) is 4.54. The number of carbonyl (C=O) groups excluding carboxylic acids is 2. The molecule has 3 aromatic carbocycles. The maximum atomic E-state index is 12.2. The van der Waals surface area contributed by atoms with Crippen LogP contribution in [0.2, 0.25) is 0 Å². The minimum atomic E-state index is -0.298. The molecule has 2 amide bonds. The lowest BCUT2D eigenvalue weighted by Crippen LogP contribution is -2.20. The van der Waals surface area contributed by atoms with Crippen molar-refractivity contribution in [3.63, 3.8) is 0 Å². The molecule has 0 aliphatic heterocycles. The molecule has 2 N–H and O–H groups in total. The molecular weight excluding hydrogens is 406 g/mol. The second-order valence-corrected chi connectivity index (χ2v) is 7.18. The minimum absolute atomic E-state index is 0.162. The molecule has 0 aliphatic rings. The highest BCUT2D eigenvalue weighted by Gasteiger charge is 2.09.